The van der Waals surface area contributed by atoms with E-state index in [2.05, 4.69) is 31.9 Å². The third-order valence-corrected chi connectivity index (χ3v) is 10.8. The molecule has 0 saturated carbocycles. The summed E-state index contributed by atoms with van der Waals surface area (Å²) in [4.78, 5) is 92.5. The van der Waals surface area contributed by atoms with Gasteiger partial charge in [0.05, 0.1) is 0 Å². The highest BCUT2D eigenvalue weighted by atomic mass is 32.2. The molecular weight excluding hydrogens is 785 g/mol. The van der Waals surface area contributed by atoms with Crippen LogP contribution in [0.3, 0.4) is 0 Å². The molecule has 0 aliphatic carbocycles. The molecule has 0 radical (unpaired) electrons. The Morgan fingerprint density at radius 2 is 1.10 bits per heavy atom. The van der Waals surface area contributed by atoms with Gasteiger partial charge in [-0.3, -0.25) is 28.8 Å². The van der Waals surface area contributed by atoms with Crippen molar-refractivity contribution in [3.8, 4) is 5.75 Å². The van der Waals surface area contributed by atoms with Gasteiger partial charge in [0.2, 0.25) is 35.9 Å². The summed E-state index contributed by atoms with van der Waals surface area (Å²) in [5.74, 6) is -3.96. The maximum atomic E-state index is 14.1. The lowest BCUT2D eigenvalue weighted by Gasteiger charge is -2.30. The molecule has 2 aromatic carbocycles. The van der Waals surface area contributed by atoms with Gasteiger partial charge in [-0.2, -0.15) is 23.5 Å². The van der Waals surface area contributed by atoms with Crippen molar-refractivity contribution in [2.24, 2.45) is 11.8 Å². The van der Waals surface area contributed by atoms with Crippen LogP contribution in [0, 0.1) is 11.8 Å². The molecule has 2 aromatic rings. The van der Waals surface area contributed by atoms with Gasteiger partial charge in [-0.05, 0) is 78.4 Å². The molecule has 8 N–H and O–H groups in total. The lowest BCUT2D eigenvalue weighted by atomic mass is 9.95. The standard InChI is InChI=1S/C41H60N6O9S2/c1-7-26(4)35(40(54)46-34(22-27-11-9-8-10-12-27)37(51)43-31(41(55)56)18-20-58-6)47-39(53)32(21-25(2)3)44-38(52)33(23-28-13-15-29(49)16-14-28)45-36(50)30(42-24-48)17-19-57-5/h8-16,24-26,30-35,49H,7,17-23H2,1-6H3,(H,42,48)(H,43,51)(H,44,52)(H,45,50)(H,46,54)(H,47,53)(H,55,56)/t26-,30-,31-,32-,33-,34-,35-/m0/s1. The molecule has 0 aliphatic rings. The molecule has 17 heteroatoms. The van der Waals surface area contributed by atoms with E-state index in [-0.39, 0.29) is 37.4 Å². The zero-order chi connectivity index (χ0) is 43.2. The van der Waals surface area contributed by atoms with Gasteiger partial charge in [-0.25, -0.2) is 4.79 Å². The number of thioether (sulfide) groups is 2. The van der Waals surface area contributed by atoms with Crippen LogP contribution in [0.25, 0.3) is 0 Å². The normalized spacial score (nSPS) is 14.7. The Morgan fingerprint density at radius 3 is 1.60 bits per heavy atom. The molecule has 2 rings (SSSR count). The number of phenols is 1. The highest BCUT2D eigenvalue weighted by Crippen LogP contribution is 2.15. The van der Waals surface area contributed by atoms with E-state index < -0.39 is 77.7 Å². The number of benzene rings is 2. The van der Waals surface area contributed by atoms with Crippen LogP contribution in [0.1, 0.15) is 64.5 Å². The average molecular weight is 845 g/mol. The third-order valence-electron chi connectivity index (χ3n) is 9.48. The van der Waals surface area contributed by atoms with Crippen molar-refractivity contribution in [3.05, 3.63) is 65.7 Å². The molecule has 6 amide bonds. The van der Waals surface area contributed by atoms with Crippen molar-refractivity contribution in [2.45, 2.75) is 102 Å². The van der Waals surface area contributed by atoms with Gasteiger partial charge in [0.25, 0.3) is 0 Å². The summed E-state index contributed by atoms with van der Waals surface area (Å²) in [5.41, 5.74) is 1.32. The van der Waals surface area contributed by atoms with Crippen molar-refractivity contribution in [1.29, 1.82) is 0 Å². The monoisotopic (exact) mass is 844 g/mol. The van der Waals surface area contributed by atoms with Gasteiger partial charge in [0.1, 0.15) is 42.0 Å². The molecule has 0 bridgehead atoms. The molecule has 0 saturated heterocycles. The number of phenolic OH excluding ortho intramolecular Hbond substituents is 1. The minimum absolute atomic E-state index is 0.00695. The van der Waals surface area contributed by atoms with E-state index in [1.54, 1.807) is 49.4 Å². The van der Waals surface area contributed by atoms with Crippen LogP contribution in [0.15, 0.2) is 54.6 Å². The van der Waals surface area contributed by atoms with Gasteiger partial charge >= 0.3 is 5.97 Å². The summed E-state index contributed by atoms with van der Waals surface area (Å²) >= 11 is 2.92. The first kappa shape index (κ1) is 49.4. The number of carbonyl (C=O) groups is 7. The van der Waals surface area contributed by atoms with Crippen LogP contribution in [-0.4, -0.2) is 112 Å². The number of carbonyl (C=O) groups excluding carboxylic acids is 6. The fourth-order valence-corrected chi connectivity index (χ4v) is 6.92. The molecule has 0 spiro atoms. The Balaban J connectivity index is 2.40. The Kier molecular flexibility index (Phi) is 22.4. The first-order chi connectivity index (χ1) is 27.6. The molecule has 0 aliphatic heterocycles. The van der Waals surface area contributed by atoms with Crippen LogP contribution >= 0.6 is 23.5 Å². The number of aromatic hydroxyl groups is 1. The second-order valence-corrected chi connectivity index (χ2v) is 16.5. The number of rotatable bonds is 27. The smallest absolute Gasteiger partial charge is 0.326 e. The van der Waals surface area contributed by atoms with Gasteiger partial charge in [-0.1, -0.05) is 76.6 Å². The number of carboxylic acids is 1. The second kappa shape index (κ2) is 26.3. The van der Waals surface area contributed by atoms with E-state index in [4.69, 9.17) is 0 Å². The van der Waals surface area contributed by atoms with Crippen LogP contribution < -0.4 is 31.9 Å². The molecule has 0 fully saturated rings. The first-order valence-corrected chi connectivity index (χ1v) is 22.2. The van der Waals surface area contributed by atoms with E-state index in [0.29, 0.717) is 41.9 Å². The summed E-state index contributed by atoms with van der Waals surface area (Å²) < 4.78 is 0. The highest BCUT2D eigenvalue weighted by molar-refractivity contribution is 7.98. The molecule has 58 heavy (non-hydrogen) atoms. The summed E-state index contributed by atoms with van der Waals surface area (Å²) in [5, 5.41) is 35.7. The summed E-state index contributed by atoms with van der Waals surface area (Å²) in [6.45, 7) is 7.32. The predicted octanol–water partition coefficient (Wildman–Crippen LogP) is 2.40. The Morgan fingerprint density at radius 1 is 0.638 bits per heavy atom. The Bertz CT molecular complexity index is 1630. The largest absolute Gasteiger partial charge is 0.508 e. The zero-order valence-electron chi connectivity index (χ0n) is 34.1. The number of nitrogens with one attached hydrogen (secondary N) is 6. The predicted molar refractivity (Wildman–Crippen MR) is 227 cm³/mol. The van der Waals surface area contributed by atoms with Gasteiger partial charge in [-0.15, -0.1) is 0 Å². The van der Waals surface area contributed by atoms with Crippen LogP contribution in [0.2, 0.25) is 0 Å². The minimum atomic E-state index is -1.20. The number of hydrogen-bond acceptors (Lipinski definition) is 10. The molecule has 0 unspecified atom stereocenters. The number of amides is 6. The van der Waals surface area contributed by atoms with E-state index >= 15 is 0 Å². The molecule has 0 heterocycles. The number of hydrogen-bond donors (Lipinski definition) is 8. The van der Waals surface area contributed by atoms with Crippen molar-refractivity contribution in [2.75, 3.05) is 24.0 Å². The van der Waals surface area contributed by atoms with Crippen molar-refractivity contribution >= 4 is 65.4 Å². The fraction of sp³-hybridized carbons (Fsp3) is 0.537. The number of carboxylic acid groups (broad SMARTS) is 1. The molecular formula is C41H60N6O9S2. The Hall–Kier alpha value is -4.77. The van der Waals surface area contributed by atoms with Crippen molar-refractivity contribution in [3.63, 3.8) is 0 Å². The lowest BCUT2D eigenvalue weighted by Crippen LogP contribution is -2.61. The van der Waals surface area contributed by atoms with Crippen molar-refractivity contribution < 1.29 is 43.8 Å². The maximum absolute atomic E-state index is 14.1. The molecule has 0 aromatic heterocycles. The van der Waals surface area contributed by atoms with Crippen LogP contribution in [-0.2, 0) is 46.4 Å². The molecule has 7 atom stereocenters. The van der Waals surface area contributed by atoms with Gasteiger partial charge < -0.3 is 42.1 Å². The summed E-state index contributed by atoms with van der Waals surface area (Å²) in [6.07, 6.45) is 5.26. The highest BCUT2D eigenvalue weighted by Gasteiger charge is 2.35. The Labute approximate surface area is 349 Å². The molecule has 320 valence electrons. The quantitative estimate of drug-likeness (QED) is 0.0609. The fourth-order valence-electron chi connectivity index (χ4n) is 5.97. The average Bonchev–Trinajstić information content (AvgIpc) is 3.19. The van der Waals surface area contributed by atoms with E-state index in [1.165, 1.54) is 35.7 Å². The van der Waals surface area contributed by atoms with E-state index in [9.17, 15) is 43.8 Å². The summed E-state index contributed by atoms with van der Waals surface area (Å²) in [7, 11) is 0. The second-order valence-electron chi connectivity index (χ2n) is 14.5. The van der Waals surface area contributed by atoms with Gasteiger partial charge in [0.15, 0.2) is 0 Å². The number of aliphatic carboxylic acids is 1. The van der Waals surface area contributed by atoms with E-state index in [0.717, 1.165) is 0 Å². The topological polar surface area (TPSA) is 232 Å². The zero-order valence-corrected chi connectivity index (χ0v) is 35.8. The molecule has 15 nitrogen and oxygen atoms in total. The summed E-state index contributed by atoms with van der Waals surface area (Å²) in [6, 6.07) is 8.25. The SMILES string of the molecule is CC[C@H](C)[C@H](NC(=O)[C@H](CC(C)C)NC(=O)[C@H](Cc1ccc(O)cc1)NC(=O)[C@H](CCSC)NC=O)C(=O)N[C@@H](Cc1ccccc1)C(=O)N[C@@H](CCSC)C(=O)O. The first-order valence-electron chi connectivity index (χ1n) is 19.4. The lowest BCUT2D eigenvalue weighted by molar-refractivity contribution is -0.142. The maximum Gasteiger partial charge on any atom is 0.326 e. The van der Waals surface area contributed by atoms with Crippen LogP contribution in [0.4, 0.5) is 0 Å². The van der Waals surface area contributed by atoms with Gasteiger partial charge in [0, 0.05) is 12.8 Å². The minimum Gasteiger partial charge on any atom is -0.508 e. The third kappa shape index (κ3) is 17.4. The van der Waals surface area contributed by atoms with E-state index in [1.807, 2.05) is 33.3 Å². The van der Waals surface area contributed by atoms with Crippen molar-refractivity contribution in [1.82, 2.24) is 31.9 Å². The van der Waals surface area contributed by atoms with Crippen LogP contribution in [0.5, 0.6) is 5.75 Å².